The van der Waals surface area contributed by atoms with E-state index in [1.54, 1.807) is 11.3 Å². The minimum Gasteiger partial charge on any atom is -0.345 e. The zero-order chi connectivity index (χ0) is 16.7. The minimum atomic E-state index is 0.153. The van der Waals surface area contributed by atoms with Gasteiger partial charge in [-0.1, -0.05) is 29.5 Å². The highest BCUT2D eigenvalue weighted by Gasteiger charge is 2.24. The Kier molecular flexibility index (Phi) is 4.02. The standard InChI is InChI=1S/C18H19N3OS2/c1-12-5-6-13(2)16-15(12)19-18(24-16)21-9-7-20(8-10-21)17(22)14-4-3-11-23-14/h3-6,11H,7-10H2,1-2H3. The maximum absolute atomic E-state index is 12.4. The molecule has 0 aliphatic carbocycles. The molecule has 1 aliphatic heterocycles. The Balaban J connectivity index is 1.51. The van der Waals surface area contributed by atoms with Crippen LogP contribution >= 0.6 is 22.7 Å². The Bertz CT molecular complexity index is 838. The molecule has 1 saturated heterocycles. The van der Waals surface area contributed by atoms with Crippen molar-refractivity contribution in [2.24, 2.45) is 0 Å². The fourth-order valence-corrected chi connectivity index (χ4v) is 4.89. The van der Waals surface area contributed by atoms with Crippen LogP contribution in [0.25, 0.3) is 10.2 Å². The van der Waals surface area contributed by atoms with Gasteiger partial charge in [0, 0.05) is 26.2 Å². The Labute approximate surface area is 149 Å². The van der Waals surface area contributed by atoms with Gasteiger partial charge >= 0.3 is 0 Å². The van der Waals surface area contributed by atoms with Gasteiger partial charge in [0.15, 0.2) is 5.13 Å². The third kappa shape index (κ3) is 2.70. The smallest absolute Gasteiger partial charge is 0.264 e. The van der Waals surface area contributed by atoms with Gasteiger partial charge in [0.1, 0.15) is 0 Å². The number of nitrogens with zero attached hydrogens (tertiary/aromatic N) is 3. The second kappa shape index (κ2) is 6.18. The van der Waals surface area contributed by atoms with E-state index in [0.29, 0.717) is 0 Å². The lowest BCUT2D eigenvalue weighted by atomic mass is 10.1. The summed E-state index contributed by atoms with van der Waals surface area (Å²) in [7, 11) is 0. The number of rotatable bonds is 2. The molecule has 0 saturated carbocycles. The summed E-state index contributed by atoms with van der Waals surface area (Å²) in [5.74, 6) is 0.153. The van der Waals surface area contributed by atoms with E-state index in [4.69, 9.17) is 4.98 Å². The zero-order valence-electron chi connectivity index (χ0n) is 13.8. The summed E-state index contributed by atoms with van der Waals surface area (Å²) >= 11 is 3.28. The summed E-state index contributed by atoms with van der Waals surface area (Å²) in [6.45, 7) is 7.45. The first-order valence-corrected chi connectivity index (χ1v) is 9.77. The van der Waals surface area contributed by atoms with Crippen molar-refractivity contribution < 1.29 is 4.79 Å². The van der Waals surface area contributed by atoms with Gasteiger partial charge in [-0.05, 0) is 36.4 Å². The number of anilines is 1. The molecule has 0 bridgehead atoms. The maximum Gasteiger partial charge on any atom is 0.264 e. The number of hydrogen-bond donors (Lipinski definition) is 0. The zero-order valence-corrected chi connectivity index (χ0v) is 15.4. The number of piperazine rings is 1. The predicted molar refractivity (Wildman–Crippen MR) is 102 cm³/mol. The van der Waals surface area contributed by atoms with E-state index in [-0.39, 0.29) is 5.91 Å². The summed E-state index contributed by atoms with van der Waals surface area (Å²) in [5, 5.41) is 3.03. The molecule has 0 spiro atoms. The largest absolute Gasteiger partial charge is 0.345 e. The number of thiazole rings is 1. The van der Waals surface area contributed by atoms with Crippen LogP contribution in [0, 0.1) is 13.8 Å². The Morgan fingerprint density at radius 1 is 1.08 bits per heavy atom. The number of carbonyl (C=O) groups is 1. The highest BCUT2D eigenvalue weighted by molar-refractivity contribution is 7.22. The third-order valence-electron chi connectivity index (χ3n) is 4.50. The lowest BCUT2D eigenvalue weighted by Gasteiger charge is -2.34. The molecule has 0 radical (unpaired) electrons. The SMILES string of the molecule is Cc1ccc(C)c2sc(N3CCN(C(=O)c4cccs4)CC3)nc12. The quantitative estimate of drug-likeness (QED) is 0.697. The highest BCUT2D eigenvalue weighted by Crippen LogP contribution is 2.33. The number of aryl methyl sites for hydroxylation is 2. The van der Waals surface area contributed by atoms with Crippen molar-refractivity contribution in [1.29, 1.82) is 0 Å². The van der Waals surface area contributed by atoms with E-state index in [1.807, 2.05) is 22.4 Å². The maximum atomic E-state index is 12.4. The van der Waals surface area contributed by atoms with Crippen molar-refractivity contribution in [3.8, 4) is 0 Å². The molecule has 0 unspecified atom stereocenters. The molecule has 0 N–H and O–H groups in total. The van der Waals surface area contributed by atoms with Crippen LogP contribution in [0.15, 0.2) is 29.6 Å². The molecule has 1 fully saturated rings. The highest BCUT2D eigenvalue weighted by atomic mass is 32.1. The minimum absolute atomic E-state index is 0.153. The van der Waals surface area contributed by atoms with E-state index in [2.05, 4.69) is 30.9 Å². The van der Waals surface area contributed by atoms with Crippen LogP contribution in [-0.4, -0.2) is 42.0 Å². The molecule has 4 rings (SSSR count). The van der Waals surface area contributed by atoms with E-state index in [0.717, 1.165) is 41.7 Å². The van der Waals surface area contributed by atoms with Crippen molar-refractivity contribution in [2.45, 2.75) is 13.8 Å². The van der Waals surface area contributed by atoms with Crippen LogP contribution < -0.4 is 4.90 Å². The average Bonchev–Trinajstić information content (AvgIpc) is 3.28. The first kappa shape index (κ1) is 15.6. The van der Waals surface area contributed by atoms with Crippen molar-refractivity contribution >= 4 is 43.9 Å². The monoisotopic (exact) mass is 357 g/mol. The predicted octanol–water partition coefficient (Wildman–Crippen LogP) is 3.94. The van der Waals surface area contributed by atoms with Gasteiger partial charge < -0.3 is 9.80 Å². The molecule has 3 heterocycles. The number of benzene rings is 1. The fraction of sp³-hybridized carbons (Fsp3) is 0.333. The molecule has 3 aromatic rings. The lowest BCUT2D eigenvalue weighted by Crippen LogP contribution is -2.48. The van der Waals surface area contributed by atoms with Crippen LogP contribution in [0.2, 0.25) is 0 Å². The number of hydrogen-bond acceptors (Lipinski definition) is 5. The first-order chi connectivity index (χ1) is 11.6. The summed E-state index contributed by atoms with van der Waals surface area (Å²) in [6.07, 6.45) is 0. The molecule has 6 heteroatoms. The first-order valence-electron chi connectivity index (χ1n) is 8.08. The molecule has 1 aliphatic rings. The van der Waals surface area contributed by atoms with Gasteiger partial charge in [0.25, 0.3) is 5.91 Å². The van der Waals surface area contributed by atoms with Crippen LogP contribution in [0.4, 0.5) is 5.13 Å². The van der Waals surface area contributed by atoms with E-state index >= 15 is 0 Å². The Morgan fingerprint density at radius 3 is 2.50 bits per heavy atom. The third-order valence-corrected chi connectivity index (χ3v) is 6.61. The van der Waals surface area contributed by atoms with E-state index in [1.165, 1.54) is 27.2 Å². The van der Waals surface area contributed by atoms with Gasteiger partial charge in [-0.15, -0.1) is 11.3 Å². The van der Waals surface area contributed by atoms with Gasteiger partial charge in [-0.25, -0.2) is 4.98 Å². The Hall–Kier alpha value is -1.92. The van der Waals surface area contributed by atoms with Crippen molar-refractivity contribution in [3.63, 3.8) is 0 Å². The van der Waals surface area contributed by atoms with Gasteiger partial charge in [0.05, 0.1) is 15.1 Å². The summed E-state index contributed by atoms with van der Waals surface area (Å²) in [6, 6.07) is 8.13. The van der Waals surface area contributed by atoms with Crippen LogP contribution in [0.3, 0.4) is 0 Å². The molecular weight excluding hydrogens is 338 g/mol. The molecule has 1 amide bonds. The van der Waals surface area contributed by atoms with E-state index in [9.17, 15) is 4.79 Å². The number of amides is 1. The van der Waals surface area contributed by atoms with Gasteiger partial charge in [-0.2, -0.15) is 0 Å². The average molecular weight is 358 g/mol. The van der Waals surface area contributed by atoms with Crippen molar-refractivity contribution in [1.82, 2.24) is 9.88 Å². The molecule has 4 nitrogen and oxygen atoms in total. The van der Waals surface area contributed by atoms with Gasteiger partial charge in [0.2, 0.25) is 0 Å². The summed E-state index contributed by atoms with van der Waals surface area (Å²) < 4.78 is 1.28. The van der Waals surface area contributed by atoms with Crippen LogP contribution in [0.5, 0.6) is 0 Å². The number of aromatic nitrogens is 1. The number of fused-ring (bicyclic) bond motifs is 1. The second-order valence-electron chi connectivity index (χ2n) is 6.13. The lowest BCUT2D eigenvalue weighted by molar-refractivity contribution is 0.0751. The topological polar surface area (TPSA) is 36.4 Å². The summed E-state index contributed by atoms with van der Waals surface area (Å²) in [5.41, 5.74) is 3.63. The normalized spacial score (nSPS) is 15.2. The van der Waals surface area contributed by atoms with Crippen LogP contribution in [-0.2, 0) is 0 Å². The van der Waals surface area contributed by atoms with Crippen LogP contribution in [0.1, 0.15) is 20.8 Å². The number of carbonyl (C=O) groups excluding carboxylic acids is 1. The van der Waals surface area contributed by atoms with Crippen molar-refractivity contribution in [3.05, 3.63) is 45.6 Å². The molecular formula is C18H19N3OS2. The van der Waals surface area contributed by atoms with E-state index < -0.39 is 0 Å². The molecule has 24 heavy (non-hydrogen) atoms. The molecule has 0 atom stereocenters. The molecule has 1 aromatic carbocycles. The van der Waals surface area contributed by atoms with Gasteiger partial charge in [-0.3, -0.25) is 4.79 Å². The Morgan fingerprint density at radius 2 is 1.83 bits per heavy atom. The fourth-order valence-electron chi connectivity index (χ4n) is 3.04. The second-order valence-corrected chi connectivity index (χ2v) is 8.06. The number of thiophene rings is 1. The molecule has 2 aromatic heterocycles. The van der Waals surface area contributed by atoms with Crippen molar-refractivity contribution in [2.75, 3.05) is 31.1 Å². The summed E-state index contributed by atoms with van der Waals surface area (Å²) in [4.78, 5) is 22.4. The molecule has 124 valence electrons.